The number of likely N-dealkylation sites (tertiary alicyclic amines) is 1. The number of amides is 1. The number of halogens is 3. The van der Waals surface area contributed by atoms with Crippen LogP contribution in [0, 0.1) is 11.5 Å². The van der Waals surface area contributed by atoms with Crippen molar-refractivity contribution in [3.8, 4) is 17.3 Å². The van der Waals surface area contributed by atoms with E-state index in [9.17, 15) is 23.2 Å². The van der Waals surface area contributed by atoms with Crippen molar-refractivity contribution < 1.29 is 18.0 Å². The van der Waals surface area contributed by atoms with E-state index in [1.165, 1.54) is 18.3 Å². The van der Waals surface area contributed by atoms with Crippen LogP contribution >= 0.6 is 0 Å². The number of hydrogen-bond acceptors (Lipinski definition) is 6. The van der Waals surface area contributed by atoms with Gasteiger partial charge >= 0.3 is 6.18 Å². The van der Waals surface area contributed by atoms with Gasteiger partial charge in [-0.15, -0.1) is 5.10 Å². The quantitative estimate of drug-likeness (QED) is 0.612. The molecule has 1 N–H and O–H groups in total. The fourth-order valence-electron chi connectivity index (χ4n) is 3.73. The van der Waals surface area contributed by atoms with Crippen LogP contribution in [0.25, 0.3) is 11.1 Å². The predicted molar refractivity (Wildman–Crippen MR) is 107 cm³/mol. The fourth-order valence-corrected chi connectivity index (χ4v) is 3.73. The summed E-state index contributed by atoms with van der Waals surface area (Å²) in [5.41, 5.74) is 0.105. The highest BCUT2D eigenvalue weighted by Crippen LogP contribution is 2.32. The summed E-state index contributed by atoms with van der Waals surface area (Å²) in [6.07, 6.45) is 2.84. The molecule has 32 heavy (non-hydrogen) atoms. The lowest BCUT2D eigenvalue weighted by atomic mass is 10.0. The van der Waals surface area contributed by atoms with Gasteiger partial charge in [0.05, 0.1) is 24.3 Å². The number of pyridine rings is 1. The van der Waals surface area contributed by atoms with E-state index < -0.39 is 17.6 Å². The van der Waals surface area contributed by atoms with Gasteiger partial charge < -0.3 is 10.2 Å². The van der Waals surface area contributed by atoms with Crippen LogP contribution in [0.3, 0.4) is 0 Å². The summed E-state index contributed by atoms with van der Waals surface area (Å²) in [6, 6.07) is 7.47. The minimum Gasteiger partial charge on any atom is -0.346 e. The van der Waals surface area contributed by atoms with Crippen molar-refractivity contribution in [3.05, 3.63) is 66.2 Å². The molecule has 1 amide bonds. The third kappa shape index (κ3) is 4.69. The number of rotatable bonds is 5. The van der Waals surface area contributed by atoms with E-state index in [1.807, 2.05) is 0 Å². The summed E-state index contributed by atoms with van der Waals surface area (Å²) in [5.74, 6) is -0.455. The van der Waals surface area contributed by atoms with Gasteiger partial charge in [0.15, 0.2) is 6.19 Å². The number of carbonyl (C=O) groups excluding carboxylic acids is 1. The van der Waals surface area contributed by atoms with E-state index in [4.69, 9.17) is 0 Å². The molecule has 1 aromatic carbocycles. The Balaban J connectivity index is 1.46. The SMILES string of the molecule is N#CN1C[C@H](NC(=O)c2cc(-c3cccc(C(F)(F)F)c3)ccn2)C[C@H]1Cn1ccnn1. The van der Waals surface area contributed by atoms with Crippen molar-refractivity contribution in [2.45, 2.75) is 31.2 Å². The van der Waals surface area contributed by atoms with Crippen molar-refractivity contribution in [2.24, 2.45) is 0 Å². The lowest BCUT2D eigenvalue weighted by Gasteiger charge is -2.16. The molecule has 1 fully saturated rings. The van der Waals surface area contributed by atoms with Crippen molar-refractivity contribution in [1.82, 2.24) is 30.2 Å². The van der Waals surface area contributed by atoms with E-state index in [-0.39, 0.29) is 17.8 Å². The van der Waals surface area contributed by atoms with E-state index in [2.05, 4.69) is 26.8 Å². The number of nitrogens with zero attached hydrogens (tertiary/aromatic N) is 6. The summed E-state index contributed by atoms with van der Waals surface area (Å²) in [4.78, 5) is 18.4. The fraction of sp³-hybridized carbons (Fsp3) is 0.286. The molecule has 2 atom stereocenters. The minimum absolute atomic E-state index is 0.0862. The Kier molecular flexibility index (Phi) is 5.77. The Morgan fingerprint density at radius 2 is 2.03 bits per heavy atom. The summed E-state index contributed by atoms with van der Waals surface area (Å²) in [6.45, 7) is 0.804. The standard InChI is InChI=1S/C21H18F3N7O/c22-21(23,24)16-3-1-2-14(8-16)15-4-5-26-19(9-15)20(32)28-17-10-18(30(11-17)13-25)12-31-7-6-27-29-31/h1-9,17-18H,10-12H2,(H,28,32)/t17-,18+/m1/s1. The van der Waals surface area contributed by atoms with Crippen LogP contribution in [0.1, 0.15) is 22.5 Å². The van der Waals surface area contributed by atoms with Crippen LogP contribution < -0.4 is 5.32 Å². The first-order chi connectivity index (χ1) is 15.3. The largest absolute Gasteiger partial charge is 0.416 e. The van der Waals surface area contributed by atoms with E-state index in [0.29, 0.717) is 30.6 Å². The Labute approximate surface area is 181 Å². The van der Waals surface area contributed by atoms with Crippen molar-refractivity contribution in [1.29, 1.82) is 5.26 Å². The topological polar surface area (TPSA) is 99.7 Å². The average molecular weight is 441 g/mol. The van der Waals surface area contributed by atoms with Crippen LogP contribution in [0.15, 0.2) is 55.0 Å². The molecule has 1 saturated heterocycles. The highest BCUT2D eigenvalue weighted by atomic mass is 19.4. The summed E-state index contributed by atoms with van der Waals surface area (Å²) >= 11 is 0. The van der Waals surface area contributed by atoms with Gasteiger partial charge in [-0.2, -0.15) is 18.4 Å². The van der Waals surface area contributed by atoms with Gasteiger partial charge in [-0.05, 0) is 41.8 Å². The van der Waals surface area contributed by atoms with Gasteiger partial charge in [0.2, 0.25) is 0 Å². The van der Waals surface area contributed by atoms with Gasteiger partial charge in [-0.25, -0.2) is 0 Å². The van der Waals surface area contributed by atoms with E-state index in [0.717, 1.165) is 12.1 Å². The number of hydrogen-bond donors (Lipinski definition) is 1. The second-order valence-corrected chi connectivity index (χ2v) is 7.45. The second kappa shape index (κ2) is 8.66. The van der Waals surface area contributed by atoms with Crippen LogP contribution in [0.4, 0.5) is 13.2 Å². The first-order valence-electron chi connectivity index (χ1n) is 9.78. The highest BCUT2D eigenvalue weighted by Gasteiger charge is 2.33. The molecule has 11 heteroatoms. The van der Waals surface area contributed by atoms with E-state index >= 15 is 0 Å². The number of nitriles is 1. The van der Waals surface area contributed by atoms with Gasteiger partial charge in [0.1, 0.15) is 5.69 Å². The zero-order valence-electron chi connectivity index (χ0n) is 16.7. The number of aromatic nitrogens is 4. The lowest BCUT2D eigenvalue weighted by Crippen LogP contribution is -2.36. The van der Waals surface area contributed by atoms with Gasteiger partial charge in [0.25, 0.3) is 5.91 Å². The minimum atomic E-state index is -4.46. The molecule has 4 rings (SSSR count). The zero-order chi connectivity index (χ0) is 22.7. The number of carbonyl (C=O) groups is 1. The summed E-state index contributed by atoms with van der Waals surface area (Å²) in [7, 11) is 0. The molecule has 0 aliphatic carbocycles. The average Bonchev–Trinajstić information content (AvgIpc) is 3.43. The van der Waals surface area contributed by atoms with Gasteiger partial charge in [-0.1, -0.05) is 17.3 Å². The molecule has 1 aliphatic heterocycles. The summed E-state index contributed by atoms with van der Waals surface area (Å²) in [5, 5.41) is 19.9. The third-order valence-corrected chi connectivity index (χ3v) is 5.26. The molecule has 0 unspecified atom stereocenters. The molecular formula is C21H18F3N7O. The maximum absolute atomic E-state index is 13.0. The number of alkyl halides is 3. The molecule has 0 radical (unpaired) electrons. The maximum atomic E-state index is 13.0. The molecule has 3 heterocycles. The summed E-state index contributed by atoms with van der Waals surface area (Å²) < 4.78 is 40.7. The molecule has 164 valence electrons. The zero-order valence-corrected chi connectivity index (χ0v) is 16.7. The maximum Gasteiger partial charge on any atom is 0.416 e. The normalized spacial score (nSPS) is 18.4. The first-order valence-corrected chi connectivity index (χ1v) is 9.78. The highest BCUT2D eigenvalue weighted by molar-refractivity contribution is 5.93. The molecule has 2 aromatic heterocycles. The van der Waals surface area contributed by atoms with Crippen LogP contribution in [0.2, 0.25) is 0 Å². The van der Waals surface area contributed by atoms with Crippen LogP contribution in [-0.2, 0) is 12.7 Å². The Morgan fingerprint density at radius 1 is 1.22 bits per heavy atom. The Hall–Kier alpha value is -3.94. The molecule has 0 spiro atoms. The van der Waals surface area contributed by atoms with Crippen LogP contribution in [0.5, 0.6) is 0 Å². The first kappa shape index (κ1) is 21.3. The molecule has 3 aromatic rings. The molecule has 0 bridgehead atoms. The van der Waals surface area contributed by atoms with Crippen molar-refractivity contribution in [2.75, 3.05) is 6.54 Å². The van der Waals surface area contributed by atoms with Crippen molar-refractivity contribution >= 4 is 5.91 Å². The smallest absolute Gasteiger partial charge is 0.346 e. The molecule has 8 nitrogen and oxygen atoms in total. The van der Waals surface area contributed by atoms with E-state index in [1.54, 1.807) is 34.1 Å². The Morgan fingerprint density at radius 3 is 2.75 bits per heavy atom. The Bertz CT molecular complexity index is 1140. The monoisotopic (exact) mass is 441 g/mol. The van der Waals surface area contributed by atoms with Crippen LogP contribution in [-0.4, -0.2) is 49.4 Å². The second-order valence-electron chi connectivity index (χ2n) is 7.45. The van der Waals surface area contributed by atoms with Crippen molar-refractivity contribution in [3.63, 3.8) is 0 Å². The molecule has 1 aliphatic rings. The molecular weight excluding hydrogens is 423 g/mol. The number of benzene rings is 1. The van der Waals surface area contributed by atoms with Gasteiger partial charge in [0, 0.05) is 25.0 Å². The predicted octanol–water partition coefficient (Wildman–Crippen LogP) is 2.71. The molecule has 0 saturated carbocycles. The van der Waals surface area contributed by atoms with Gasteiger partial charge in [-0.3, -0.25) is 14.5 Å². The lowest BCUT2D eigenvalue weighted by molar-refractivity contribution is -0.137. The number of nitrogens with one attached hydrogen (secondary N) is 1. The third-order valence-electron chi connectivity index (χ3n) is 5.26.